The Bertz CT molecular complexity index is 251. The number of aldehydes is 1. The van der Waals surface area contributed by atoms with E-state index >= 15 is 0 Å². The van der Waals surface area contributed by atoms with Gasteiger partial charge < -0.3 is 14.4 Å². The highest BCUT2D eigenvalue weighted by Gasteiger charge is 2.32. The molecule has 2 rings (SSSR count). The Hall–Kier alpha value is -0.940. The maximum atomic E-state index is 12.0. The lowest BCUT2D eigenvalue weighted by atomic mass is 10.2. The van der Waals surface area contributed by atoms with E-state index in [4.69, 9.17) is 4.74 Å². The summed E-state index contributed by atoms with van der Waals surface area (Å²) in [6, 6.07) is -0.307. The maximum Gasteiger partial charge on any atom is 0.239 e. The Morgan fingerprint density at radius 1 is 1.33 bits per heavy atom. The molecule has 2 saturated heterocycles. The van der Waals surface area contributed by atoms with Gasteiger partial charge in [-0.25, -0.2) is 0 Å². The van der Waals surface area contributed by atoms with Crippen LogP contribution in [0.3, 0.4) is 0 Å². The molecule has 1 N–H and O–H groups in total. The van der Waals surface area contributed by atoms with Crippen LogP contribution in [0, 0.1) is 0 Å². The average Bonchev–Trinajstić information content (AvgIpc) is 2.78. The molecule has 5 nitrogen and oxygen atoms in total. The summed E-state index contributed by atoms with van der Waals surface area (Å²) in [6.07, 6.45) is 2.41. The van der Waals surface area contributed by atoms with Crippen LogP contribution < -0.4 is 5.32 Å². The van der Waals surface area contributed by atoms with Gasteiger partial charge in [-0.15, -0.1) is 0 Å². The standard InChI is InChI=1S/C10H16N2O3/c13-7-8-1-2-9(11-8)10(14)12-3-5-15-6-4-12/h7-9,11H,1-6H2. The van der Waals surface area contributed by atoms with Crippen LogP contribution in [0.25, 0.3) is 0 Å². The normalized spacial score (nSPS) is 31.6. The van der Waals surface area contributed by atoms with E-state index in [9.17, 15) is 9.59 Å². The molecular weight excluding hydrogens is 196 g/mol. The van der Waals surface area contributed by atoms with Crippen molar-refractivity contribution in [2.24, 2.45) is 0 Å². The van der Waals surface area contributed by atoms with Crippen molar-refractivity contribution in [3.8, 4) is 0 Å². The fourth-order valence-electron chi connectivity index (χ4n) is 2.08. The first-order valence-electron chi connectivity index (χ1n) is 5.39. The fraction of sp³-hybridized carbons (Fsp3) is 0.800. The number of hydrogen-bond donors (Lipinski definition) is 1. The second-order valence-corrected chi connectivity index (χ2v) is 3.98. The van der Waals surface area contributed by atoms with Gasteiger partial charge in [0.2, 0.25) is 5.91 Å². The van der Waals surface area contributed by atoms with Crippen molar-refractivity contribution in [1.29, 1.82) is 0 Å². The molecule has 0 aromatic rings. The number of rotatable bonds is 2. The molecular formula is C10H16N2O3. The number of nitrogens with zero attached hydrogens (tertiary/aromatic N) is 1. The van der Waals surface area contributed by atoms with Crippen LogP contribution in [-0.4, -0.2) is 55.5 Å². The van der Waals surface area contributed by atoms with Crippen LogP contribution in [0.15, 0.2) is 0 Å². The minimum atomic E-state index is -0.168. The molecule has 5 heteroatoms. The van der Waals surface area contributed by atoms with Gasteiger partial charge in [0.25, 0.3) is 0 Å². The molecule has 0 spiro atoms. The lowest BCUT2D eigenvalue weighted by Crippen LogP contribution is -2.49. The summed E-state index contributed by atoms with van der Waals surface area (Å²) in [5.41, 5.74) is 0. The molecule has 84 valence electrons. The third-order valence-electron chi connectivity index (χ3n) is 2.97. The van der Waals surface area contributed by atoms with Gasteiger partial charge in [-0.2, -0.15) is 0 Å². The average molecular weight is 212 g/mol. The molecule has 2 heterocycles. The zero-order valence-corrected chi connectivity index (χ0v) is 8.65. The van der Waals surface area contributed by atoms with E-state index in [1.54, 1.807) is 0 Å². The molecule has 2 atom stereocenters. The fourth-order valence-corrected chi connectivity index (χ4v) is 2.08. The van der Waals surface area contributed by atoms with Crippen LogP contribution in [0.2, 0.25) is 0 Å². The third-order valence-corrected chi connectivity index (χ3v) is 2.97. The molecule has 1 amide bonds. The third kappa shape index (κ3) is 2.35. The second kappa shape index (κ2) is 4.72. The summed E-state index contributed by atoms with van der Waals surface area (Å²) >= 11 is 0. The monoisotopic (exact) mass is 212 g/mol. The van der Waals surface area contributed by atoms with Crippen molar-refractivity contribution >= 4 is 12.2 Å². The molecule has 0 aromatic carbocycles. The lowest BCUT2D eigenvalue weighted by molar-refractivity contribution is -0.137. The summed E-state index contributed by atoms with van der Waals surface area (Å²) in [4.78, 5) is 24.3. The zero-order valence-electron chi connectivity index (χ0n) is 8.65. The van der Waals surface area contributed by atoms with Gasteiger partial charge in [-0.1, -0.05) is 0 Å². The van der Waals surface area contributed by atoms with Crippen LogP contribution >= 0.6 is 0 Å². The van der Waals surface area contributed by atoms with Crippen LogP contribution in [0.5, 0.6) is 0 Å². The molecule has 15 heavy (non-hydrogen) atoms. The number of nitrogens with one attached hydrogen (secondary N) is 1. The van der Waals surface area contributed by atoms with E-state index in [1.807, 2.05) is 4.90 Å². The highest BCUT2D eigenvalue weighted by molar-refractivity contribution is 5.83. The first-order chi connectivity index (χ1) is 7.31. The zero-order chi connectivity index (χ0) is 10.7. The van der Waals surface area contributed by atoms with E-state index in [1.165, 1.54) is 0 Å². The number of amides is 1. The molecule has 0 aromatic heterocycles. The molecule has 0 radical (unpaired) electrons. The van der Waals surface area contributed by atoms with Crippen molar-refractivity contribution < 1.29 is 14.3 Å². The lowest BCUT2D eigenvalue weighted by Gasteiger charge is -2.29. The SMILES string of the molecule is O=CC1CCC(C(=O)N2CCOCC2)N1. The van der Waals surface area contributed by atoms with Crippen molar-refractivity contribution in [2.45, 2.75) is 24.9 Å². The number of carbonyl (C=O) groups excluding carboxylic acids is 2. The summed E-state index contributed by atoms with van der Waals surface area (Å²) in [6.45, 7) is 2.58. The highest BCUT2D eigenvalue weighted by atomic mass is 16.5. The maximum absolute atomic E-state index is 12.0. The van der Waals surface area contributed by atoms with Crippen molar-refractivity contribution in [1.82, 2.24) is 10.2 Å². The first kappa shape index (κ1) is 10.6. The van der Waals surface area contributed by atoms with Crippen LogP contribution in [-0.2, 0) is 14.3 Å². The summed E-state index contributed by atoms with van der Waals surface area (Å²) in [5, 5.41) is 3.04. The molecule has 0 aliphatic carbocycles. The van der Waals surface area contributed by atoms with E-state index in [-0.39, 0.29) is 18.0 Å². The topological polar surface area (TPSA) is 58.6 Å². The van der Waals surface area contributed by atoms with Crippen molar-refractivity contribution in [2.75, 3.05) is 26.3 Å². The van der Waals surface area contributed by atoms with E-state index in [0.717, 1.165) is 19.1 Å². The summed E-state index contributed by atoms with van der Waals surface area (Å²) < 4.78 is 5.18. The minimum Gasteiger partial charge on any atom is -0.378 e. The van der Waals surface area contributed by atoms with Gasteiger partial charge in [0, 0.05) is 13.1 Å². The molecule has 0 bridgehead atoms. The van der Waals surface area contributed by atoms with Crippen LogP contribution in [0.1, 0.15) is 12.8 Å². The van der Waals surface area contributed by atoms with Gasteiger partial charge in [-0.3, -0.25) is 10.1 Å². The van der Waals surface area contributed by atoms with Gasteiger partial charge in [-0.05, 0) is 12.8 Å². The van der Waals surface area contributed by atoms with E-state index in [0.29, 0.717) is 26.3 Å². The Kier molecular flexibility index (Phi) is 3.33. The van der Waals surface area contributed by atoms with Gasteiger partial charge in [0.15, 0.2) is 0 Å². The van der Waals surface area contributed by atoms with Gasteiger partial charge >= 0.3 is 0 Å². The number of carbonyl (C=O) groups is 2. The second-order valence-electron chi connectivity index (χ2n) is 3.98. The number of morpholine rings is 1. The quantitative estimate of drug-likeness (QED) is 0.607. The minimum absolute atomic E-state index is 0.114. The predicted molar refractivity (Wildman–Crippen MR) is 53.4 cm³/mol. The summed E-state index contributed by atoms with van der Waals surface area (Å²) in [5.74, 6) is 0.114. The number of ether oxygens (including phenoxy) is 1. The largest absolute Gasteiger partial charge is 0.378 e. The van der Waals surface area contributed by atoms with Crippen molar-refractivity contribution in [3.05, 3.63) is 0 Å². The Morgan fingerprint density at radius 2 is 2.07 bits per heavy atom. The molecule has 2 aliphatic heterocycles. The highest BCUT2D eigenvalue weighted by Crippen LogP contribution is 2.14. The molecule has 0 saturated carbocycles. The van der Waals surface area contributed by atoms with Gasteiger partial charge in [0.1, 0.15) is 6.29 Å². The smallest absolute Gasteiger partial charge is 0.239 e. The van der Waals surface area contributed by atoms with Gasteiger partial charge in [0.05, 0.1) is 25.3 Å². The summed E-state index contributed by atoms with van der Waals surface area (Å²) in [7, 11) is 0. The molecule has 2 unspecified atom stereocenters. The Labute approximate surface area is 88.8 Å². The Balaban J connectivity index is 1.87. The molecule has 2 aliphatic rings. The van der Waals surface area contributed by atoms with Crippen LogP contribution in [0.4, 0.5) is 0 Å². The predicted octanol–water partition coefficient (Wildman–Crippen LogP) is -0.835. The number of hydrogen-bond acceptors (Lipinski definition) is 4. The van der Waals surface area contributed by atoms with Crippen molar-refractivity contribution in [3.63, 3.8) is 0 Å². The van der Waals surface area contributed by atoms with E-state index in [2.05, 4.69) is 5.32 Å². The van der Waals surface area contributed by atoms with E-state index < -0.39 is 0 Å². The Morgan fingerprint density at radius 3 is 2.67 bits per heavy atom. The molecule has 2 fully saturated rings. The first-order valence-corrected chi connectivity index (χ1v) is 5.39.